The van der Waals surface area contributed by atoms with E-state index in [4.69, 9.17) is 0 Å². The second-order valence-corrected chi connectivity index (χ2v) is 10.5. The third-order valence-electron chi connectivity index (χ3n) is 9.81. The number of carboxylic acid groups (broad SMARTS) is 1. The molecule has 0 unspecified atom stereocenters. The molecule has 4 aliphatic carbocycles. The Morgan fingerprint density at radius 1 is 1.00 bits per heavy atom. The molecular weight excluding hydrogens is 328 g/mol. The molecule has 0 radical (unpaired) electrons. The maximum absolute atomic E-state index is 11.7. The lowest BCUT2D eigenvalue weighted by molar-refractivity contribution is -0.178. The van der Waals surface area contributed by atoms with E-state index >= 15 is 0 Å². The Morgan fingerprint density at radius 3 is 2.42 bits per heavy atom. The Labute approximate surface area is 157 Å². The Bertz CT molecular complexity index is 576. The van der Waals surface area contributed by atoms with Gasteiger partial charge in [0.15, 0.2) is 0 Å². The third-order valence-corrected chi connectivity index (χ3v) is 9.81. The molecule has 0 aliphatic heterocycles. The third kappa shape index (κ3) is 2.44. The van der Waals surface area contributed by atoms with Crippen LogP contribution in [0.2, 0.25) is 0 Å². The second kappa shape index (κ2) is 6.20. The van der Waals surface area contributed by atoms with Gasteiger partial charge in [-0.25, -0.2) is 0 Å². The van der Waals surface area contributed by atoms with Crippen molar-refractivity contribution < 1.29 is 20.1 Å². The van der Waals surface area contributed by atoms with E-state index in [1.54, 1.807) is 0 Å². The summed E-state index contributed by atoms with van der Waals surface area (Å²) in [5, 5.41) is 31.0. The zero-order valence-corrected chi connectivity index (χ0v) is 16.5. The van der Waals surface area contributed by atoms with Crippen LogP contribution in [0.25, 0.3) is 0 Å². The van der Waals surface area contributed by atoms with Gasteiger partial charge in [-0.2, -0.15) is 0 Å². The van der Waals surface area contributed by atoms with Gasteiger partial charge in [0.1, 0.15) is 0 Å². The van der Waals surface area contributed by atoms with E-state index in [0.29, 0.717) is 23.7 Å². The Morgan fingerprint density at radius 2 is 1.73 bits per heavy atom. The molecule has 4 fully saturated rings. The summed E-state index contributed by atoms with van der Waals surface area (Å²) in [6, 6.07) is 0. The van der Waals surface area contributed by atoms with E-state index < -0.39 is 12.1 Å². The molecule has 0 heterocycles. The average molecular weight is 365 g/mol. The molecule has 4 aliphatic rings. The van der Waals surface area contributed by atoms with Gasteiger partial charge in [-0.05, 0) is 86.4 Å². The topological polar surface area (TPSA) is 77.8 Å². The van der Waals surface area contributed by atoms with Crippen LogP contribution in [0, 0.1) is 46.3 Å². The fraction of sp³-hybridized carbons (Fsp3) is 0.955. The quantitative estimate of drug-likeness (QED) is 0.698. The summed E-state index contributed by atoms with van der Waals surface area (Å²) in [7, 11) is 0. The molecule has 0 spiro atoms. The monoisotopic (exact) mass is 364 g/mol. The molecular formula is C22H36O4. The van der Waals surface area contributed by atoms with Crippen molar-refractivity contribution >= 4 is 5.97 Å². The fourth-order valence-electron chi connectivity index (χ4n) is 8.22. The smallest absolute Gasteiger partial charge is 0.306 e. The molecule has 0 aromatic carbocycles. The van der Waals surface area contributed by atoms with Crippen LogP contribution in [-0.4, -0.2) is 33.5 Å². The van der Waals surface area contributed by atoms with Crippen LogP contribution >= 0.6 is 0 Å². The van der Waals surface area contributed by atoms with Crippen LogP contribution in [0.1, 0.15) is 72.1 Å². The van der Waals surface area contributed by atoms with Gasteiger partial charge in [-0.3, -0.25) is 4.79 Å². The van der Waals surface area contributed by atoms with Crippen LogP contribution in [0.5, 0.6) is 0 Å². The van der Waals surface area contributed by atoms with Gasteiger partial charge in [0.25, 0.3) is 0 Å². The minimum absolute atomic E-state index is 0.0830. The van der Waals surface area contributed by atoms with E-state index in [1.165, 1.54) is 12.8 Å². The summed E-state index contributed by atoms with van der Waals surface area (Å²) in [4.78, 5) is 11.7. The highest BCUT2D eigenvalue weighted by molar-refractivity contribution is 5.70. The number of aliphatic carboxylic acids is 1. The molecule has 148 valence electrons. The van der Waals surface area contributed by atoms with E-state index in [9.17, 15) is 20.1 Å². The zero-order chi connectivity index (χ0) is 18.9. The largest absolute Gasteiger partial charge is 0.481 e. The minimum Gasteiger partial charge on any atom is -0.481 e. The van der Waals surface area contributed by atoms with Crippen molar-refractivity contribution in [2.24, 2.45) is 46.3 Å². The van der Waals surface area contributed by atoms with Crippen molar-refractivity contribution in [3.63, 3.8) is 0 Å². The molecule has 0 aromatic rings. The average Bonchev–Trinajstić information content (AvgIpc) is 2.94. The van der Waals surface area contributed by atoms with E-state index in [1.807, 2.05) is 6.92 Å². The number of fused-ring (bicyclic) bond motifs is 5. The Hall–Kier alpha value is -0.610. The first-order valence-electron chi connectivity index (χ1n) is 10.8. The molecule has 3 N–H and O–H groups in total. The SMILES string of the molecule is C[C@H](C(=O)O)[C@@H]1CC[C@@H]2[C@@H]3CC[C@@H]4C[C@H](O)CC[C@]4(C)[C@H]3C[C@H](O)[C@@]21C. The predicted octanol–water partition coefficient (Wildman–Crippen LogP) is 3.70. The zero-order valence-electron chi connectivity index (χ0n) is 16.5. The summed E-state index contributed by atoms with van der Waals surface area (Å²) < 4.78 is 0. The summed E-state index contributed by atoms with van der Waals surface area (Å²) in [6.07, 6.45) is 7.57. The summed E-state index contributed by atoms with van der Waals surface area (Å²) >= 11 is 0. The van der Waals surface area contributed by atoms with Crippen LogP contribution in [0.3, 0.4) is 0 Å². The number of aliphatic hydroxyl groups excluding tert-OH is 2. The van der Waals surface area contributed by atoms with Crippen molar-refractivity contribution in [3.05, 3.63) is 0 Å². The Balaban J connectivity index is 1.64. The standard InChI is InChI=1S/C22H36O4/c1-12(20(25)26)16-6-7-17-15-5-4-13-10-14(23)8-9-21(13,2)18(15)11-19(24)22(16,17)3/h12-19,23-24H,4-11H2,1-3H3,(H,25,26)/t12-,13+,14+,15-,16-,17+,18-,19-,21-,22+/m0/s1. The first kappa shape index (κ1) is 18.7. The van der Waals surface area contributed by atoms with Crippen LogP contribution in [0.15, 0.2) is 0 Å². The van der Waals surface area contributed by atoms with Gasteiger partial charge in [-0.1, -0.05) is 20.8 Å². The maximum atomic E-state index is 11.7. The van der Waals surface area contributed by atoms with Crippen LogP contribution in [0.4, 0.5) is 0 Å². The van der Waals surface area contributed by atoms with Crippen molar-refractivity contribution in [1.29, 1.82) is 0 Å². The lowest BCUT2D eigenvalue weighted by Crippen LogP contribution is -2.59. The molecule has 0 saturated heterocycles. The van der Waals surface area contributed by atoms with Gasteiger partial charge < -0.3 is 15.3 Å². The second-order valence-electron chi connectivity index (χ2n) is 10.5. The summed E-state index contributed by atoms with van der Waals surface area (Å²) in [6.45, 7) is 6.44. The van der Waals surface area contributed by atoms with Gasteiger partial charge in [0.05, 0.1) is 18.1 Å². The van der Waals surface area contributed by atoms with E-state index in [2.05, 4.69) is 13.8 Å². The van der Waals surface area contributed by atoms with Gasteiger partial charge in [0.2, 0.25) is 0 Å². The van der Waals surface area contributed by atoms with Crippen LogP contribution < -0.4 is 0 Å². The van der Waals surface area contributed by atoms with E-state index in [-0.39, 0.29) is 28.8 Å². The first-order chi connectivity index (χ1) is 12.2. The molecule has 10 atom stereocenters. The number of rotatable bonds is 2. The van der Waals surface area contributed by atoms with Gasteiger partial charge >= 0.3 is 5.97 Å². The molecule has 0 aromatic heterocycles. The predicted molar refractivity (Wildman–Crippen MR) is 99.4 cm³/mol. The highest BCUT2D eigenvalue weighted by Crippen LogP contribution is 2.68. The highest BCUT2D eigenvalue weighted by atomic mass is 16.4. The lowest BCUT2D eigenvalue weighted by Gasteiger charge is -2.62. The summed E-state index contributed by atoms with van der Waals surface area (Å²) in [5.74, 6) is 1.16. The molecule has 26 heavy (non-hydrogen) atoms. The van der Waals surface area contributed by atoms with Crippen LogP contribution in [-0.2, 0) is 4.79 Å². The van der Waals surface area contributed by atoms with Crippen molar-refractivity contribution in [1.82, 2.24) is 0 Å². The molecule has 4 saturated carbocycles. The highest BCUT2D eigenvalue weighted by Gasteiger charge is 2.64. The van der Waals surface area contributed by atoms with Gasteiger partial charge in [-0.15, -0.1) is 0 Å². The van der Waals surface area contributed by atoms with Gasteiger partial charge in [0, 0.05) is 5.41 Å². The number of aliphatic hydroxyl groups is 2. The van der Waals surface area contributed by atoms with Crippen molar-refractivity contribution in [2.45, 2.75) is 84.3 Å². The van der Waals surface area contributed by atoms with Crippen molar-refractivity contribution in [3.8, 4) is 0 Å². The minimum atomic E-state index is -0.719. The molecule has 4 rings (SSSR count). The molecule has 4 heteroatoms. The number of carbonyl (C=O) groups is 1. The fourth-order valence-corrected chi connectivity index (χ4v) is 8.22. The lowest BCUT2D eigenvalue weighted by atomic mass is 9.43. The normalized spacial score (nSPS) is 54.7. The van der Waals surface area contributed by atoms with Crippen molar-refractivity contribution in [2.75, 3.05) is 0 Å². The van der Waals surface area contributed by atoms with E-state index in [0.717, 1.165) is 38.5 Å². The maximum Gasteiger partial charge on any atom is 0.306 e. The molecule has 0 amide bonds. The number of carboxylic acids is 1. The molecule has 4 nitrogen and oxygen atoms in total. The number of hydrogen-bond donors (Lipinski definition) is 3. The first-order valence-corrected chi connectivity index (χ1v) is 10.8. The molecule has 0 bridgehead atoms. The number of hydrogen-bond acceptors (Lipinski definition) is 3. The Kier molecular flexibility index (Phi) is 4.47. The summed E-state index contributed by atoms with van der Waals surface area (Å²) in [5.41, 5.74) is -0.0166.